The molecule has 2 N–H and O–H groups in total. The molecule has 3 amide bonds. The van der Waals surface area contributed by atoms with Crippen LogP contribution in [0.25, 0.3) is 0 Å². The van der Waals surface area contributed by atoms with E-state index in [1.807, 2.05) is 6.92 Å². The van der Waals surface area contributed by atoms with E-state index < -0.39 is 35.7 Å². The number of alkyl carbamates (subject to hydrolysis) is 1. The van der Waals surface area contributed by atoms with E-state index in [0.29, 0.717) is 6.61 Å². The molecule has 11 heteroatoms. The minimum Gasteiger partial charge on any atom is -0.481 e. The number of nitrogens with one attached hydrogen (secondary N) is 1. The van der Waals surface area contributed by atoms with Gasteiger partial charge in [0.1, 0.15) is 11.6 Å². The van der Waals surface area contributed by atoms with Crippen LogP contribution in [0.15, 0.2) is 4.99 Å². The number of amidine groups is 1. The van der Waals surface area contributed by atoms with Gasteiger partial charge >= 0.3 is 12.2 Å². The molecule has 0 radical (unpaired) electrons. The van der Waals surface area contributed by atoms with Crippen molar-refractivity contribution in [1.82, 2.24) is 10.2 Å². The zero-order chi connectivity index (χ0) is 23.2. The van der Waals surface area contributed by atoms with Crippen molar-refractivity contribution in [1.29, 1.82) is 0 Å². The summed E-state index contributed by atoms with van der Waals surface area (Å²) < 4.78 is 10.2. The van der Waals surface area contributed by atoms with Gasteiger partial charge in [0.2, 0.25) is 0 Å². The van der Waals surface area contributed by atoms with Gasteiger partial charge in [0.25, 0.3) is 11.9 Å². The zero-order valence-electron chi connectivity index (χ0n) is 18.4. The van der Waals surface area contributed by atoms with E-state index >= 15 is 0 Å². The Labute approximate surface area is 176 Å². The largest absolute Gasteiger partial charge is 0.481 e. The summed E-state index contributed by atoms with van der Waals surface area (Å²) in [7, 11) is 1.48. The summed E-state index contributed by atoms with van der Waals surface area (Å²) in [5.74, 6) is -1.43. The fourth-order valence-corrected chi connectivity index (χ4v) is 2.00. The van der Waals surface area contributed by atoms with Crippen LogP contribution in [0.1, 0.15) is 54.4 Å². The van der Waals surface area contributed by atoms with Crippen molar-refractivity contribution in [3.8, 4) is 0 Å². The minimum absolute atomic E-state index is 0.185. The predicted molar refractivity (Wildman–Crippen MR) is 112 cm³/mol. The molecule has 0 bridgehead atoms. The molecule has 0 aromatic heterocycles. The number of aliphatic carboxylic acids is 1. The van der Waals surface area contributed by atoms with Gasteiger partial charge in [0.15, 0.2) is 5.17 Å². The number of hydrogen-bond acceptors (Lipinski definition) is 7. The summed E-state index contributed by atoms with van der Waals surface area (Å²) in [6.45, 7) is 10.1. The van der Waals surface area contributed by atoms with Crippen molar-refractivity contribution in [3.63, 3.8) is 0 Å². The molecule has 0 aliphatic rings. The molecule has 0 aliphatic carbocycles. The zero-order valence-corrected chi connectivity index (χ0v) is 19.2. The van der Waals surface area contributed by atoms with Crippen LogP contribution in [0, 0.1) is 0 Å². The fraction of sp³-hybridized carbons (Fsp3) is 0.722. The number of unbranched alkanes of at least 4 members (excludes halogenated alkanes) is 1. The number of rotatable bonds is 5. The Hall–Kier alpha value is -2.30. The molecule has 0 fully saturated rings. The average molecular weight is 436 g/mol. The van der Waals surface area contributed by atoms with E-state index in [1.165, 1.54) is 18.9 Å². The smallest absolute Gasteiger partial charge is 0.415 e. The lowest BCUT2D eigenvalue weighted by molar-refractivity contribution is -0.134. The Bertz CT molecular complexity index is 584. The number of amides is 3. The van der Waals surface area contributed by atoms with Crippen LogP contribution < -0.4 is 5.32 Å². The number of carboxylic acid groups (broad SMARTS) is 1. The number of carbonyl (C=O) groups is 4. The SMILES string of the molecule is CC(=O)O.CCCCOC(=O)N(C)/C(=N/C(=O)[C@H](C)NC(=O)OC(C)(C)C)SC. The van der Waals surface area contributed by atoms with Gasteiger partial charge < -0.3 is 19.9 Å². The third-order valence-electron chi connectivity index (χ3n) is 2.78. The van der Waals surface area contributed by atoms with Crippen LogP contribution >= 0.6 is 11.8 Å². The molecule has 1 atom stereocenters. The maximum atomic E-state index is 12.2. The van der Waals surface area contributed by atoms with Crippen molar-refractivity contribution < 1.29 is 33.8 Å². The van der Waals surface area contributed by atoms with E-state index in [2.05, 4.69) is 10.3 Å². The quantitative estimate of drug-likeness (QED) is 0.382. The van der Waals surface area contributed by atoms with Gasteiger partial charge in [-0.05, 0) is 40.4 Å². The lowest BCUT2D eigenvalue weighted by atomic mass is 10.2. The number of carbonyl (C=O) groups excluding carboxylic acids is 3. The van der Waals surface area contributed by atoms with Crippen LogP contribution in [-0.2, 0) is 19.1 Å². The first kappa shape index (κ1) is 28.9. The van der Waals surface area contributed by atoms with Gasteiger partial charge in [-0.3, -0.25) is 14.5 Å². The van der Waals surface area contributed by atoms with E-state index in [1.54, 1.807) is 27.0 Å². The van der Waals surface area contributed by atoms with Gasteiger partial charge in [-0.1, -0.05) is 25.1 Å². The molecule has 0 rings (SSSR count). The van der Waals surface area contributed by atoms with Gasteiger partial charge in [-0.2, -0.15) is 4.99 Å². The van der Waals surface area contributed by atoms with E-state index in [4.69, 9.17) is 19.4 Å². The fourth-order valence-electron chi connectivity index (χ4n) is 1.47. The maximum absolute atomic E-state index is 12.2. The Kier molecular flexibility index (Phi) is 14.6. The van der Waals surface area contributed by atoms with Crippen molar-refractivity contribution >= 4 is 41.0 Å². The highest BCUT2D eigenvalue weighted by Gasteiger charge is 2.23. The molecule has 0 unspecified atom stereocenters. The molecular weight excluding hydrogens is 402 g/mol. The normalized spacial score (nSPS) is 12.1. The Morgan fingerprint density at radius 2 is 1.76 bits per heavy atom. The molecule has 0 aromatic rings. The third kappa shape index (κ3) is 16.4. The van der Waals surface area contributed by atoms with Crippen molar-refractivity contribution in [2.24, 2.45) is 4.99 Å². The molecule has 0 saturated heterocycles. The minimum atomic E-state index is -0.887. The number of carboxylic acids is 1. The van der Waals surface area contributed by atoms with Gasteiger partial charge in [0.05, 0.1) is 6.61 Å². The molecule has 0 aliphatic heterocycles. The highest BCUT2D eigenvalue weighted by Crippen LogP contribution is 2.09. The first-order valence-electron chi connectivity index (χ1n) is 9.01. The monoisotopic (exact) mass is 435 g/mol. The van der Waals surface area contributed by atoms with Crippen LogP contribution in [0.4, 0.5) is 9.59 Å². The summed E-state index contributed by atoms with van der Waals surface area (Å²) in [6.07, 6.45) is 2.07. The van der Waals surface area contributed by atoms with Crippen molar-refractivity contribution in [3.05, 3.63) is 0 Å². The number of aliphatic imine (C=N–C) groups is 1. The summed E-state index contributed by atoms with van der Waals surface area (Å²) in [5.41, 5.74) is -0.664. The van der Waals surface area contributed by atoms with E-state index in [9.17, 15) is 14.4 Å². The average Bonchev–Trinajstić information content (AvgIpc) is 2.56. The molecule has 10 nitrogen and oxygen atoms in total. The lowest BCUT2D eigenvalue weighted by Gasteiger charge is -2.21. The third-order valence-corrected chi connectivity index (χ3v) is 3.51. The summed E-state index contributed by atoms with van der Waals surface area (Å²) in [6, 6.07) is -0.887. The summed E-state index contributed by atoms with van der Waals surface area (Å²) in [4.78, 5) is 49.8. The maximum Gasteiger partial charge on any atom is 0.415 e. The summed E-state index contributed by atoms with van der Waals surface area (Å²) >= 11 is 1.13. The standard InChI is InChI=1S/C16H29N3O5S.C2H4O2/c1-8-9-10-23-15(22)19(6)13(25-7)18-12(20)11(2)17-14(21)24-16(3,4)5;1-2(3)4/h11H,8-10H2,1-7H3,(H,17,21);1H3,(H,3,4)/b18-13-;/t11-;/m0./s1. The molecule has 29 heavy (non-hydrogen) atoms. The van der Waals surface area contributed by atoms with Crippen LogP contribution in [0.2, 0.25) is 0 Å². The van der Waals surface area contributed by atoms with Gasteiger partial charge in [0, 0.05) is 14.0 Å². The Balaban J connectivity index is 0. The highest BCUT2D eigenvalue weighted by molar-refractivity contribution is 8.13. The highest BCUT2D eigenvalue weighted by atomic mass is 32.2. The van der Waals surface area contributed by atoms with Crippen molar-refractivity contribution in [2.75, 3.05) is 19.9 Å². The number of thioether (sulfide) groups is 1. The lowest BCUT2D eigenvalue weighted by Crippen LogP contribution is -2.42. The molecular formula is C18H33N3O7S. The Morgan fingerprint density at radius 1 is 1.24 bits per heavy atom. The number of nitrogens with zero attached hydrogens (tertiary/aromatic N) is 2. The summed E-state index contributed by atoms with van der Waals surface area (Å²) in [5, 5.41) is 10.0. The van der Waals surface area contributed by atoms with Gasteiger partial charge in [-0.25, -0.2) is 9.59 Å². The van der Waals surface area contributed by atoms with Gasteiger partial charge in [-0.15, -0.1) is 0 Å². The number of hydrogen-bond donors (Lipinski definition) is 2. The van der Waals surface area contributed by atoms with Crippen LogP contribution in [-0.4, -0.2) is 70.8 Å². The van der Waals surface area contributed by atoms with Crippen LogP contribution in [0.3, 0.4) is 0 Å². The molecule has 0 heterocycles. The van der Waals surface area contributed by atoms with E-state index in [0.717, 1.165) is 31.5 Å². The second kappa shape index (κ2) is 14.7. The first-order valence-corrected chi connectivity index (χ1v) is 10.2. The number of ether oxygens (including phenoxy) is 2. The van der Waals surface area contributed by atoms with Crippen molar-refractivity contribution in [2.45, 2.75) is 66.0 Å². The molecule has 168 valence electrons. The molecule has 0 aromatic carbocycles. The Morgan fingerprint density at radius 3 is 2.17 bits per heavy atom. The van der Waals surface area contributed by atoms with Crippen LogP contribution in [0.5, 0.6) is 0 Å². The molecule has 0 saturated carbocycles. The second-order valence-electron chi connectivity index (χ2n) is 6.85. The first-order chi connectivity index (χ1) is 13.2. The molecule has 0 spiro atoms. The topological polar surface area (TPSA) is 135 Å². The van der Waals surface area contributed by atoms with E-state index in [-0.39, 0.29) is 5.17 Å². The predicted octanol–water partition coefficient (Wildman–Crippen LogP) is 3.10. The second-order valence-corrected chi connectivity index (χ2v) is 7.62.